The molecule has 7 heteroatoms. The lowest BCUT2D eigenvalue weighted by atomic mass is 10.2. The lowest BCUT2D eigenvalue weighted by molar-refractivity contribution is -0.274. The van der Waals surface area contributed by atoms with Crippen LogP contribution < -0.4 is 9.47 Å². The van der Waals surface area contributed by atoms with Crippen molar-refractivity contribution in [1.82, 2.24) is 0 Å². The summed E-state index contributed by atoms with van der Waals surface area (Å²) in [5, 5.41) is 0.222. The maximum absolute atomic E-state index is 12.0. The third-order valence-corrected chi connectivity index (χ3v) is 2.72. The molecule has 0 aromatic heterocycles. The molecular formula is C14H8ClF3O3. The molecule has 21 heavy (non-hydrogen) atoms. The molecule has 0 fully saturated rings. The molecule has 2 aromatic rings. The van der Waals surface area contributed by atoms with Gasteiger partial charge in [0.1, 0.15) is 17.2 Å². The smallest absolute Gasteiger partial charge is 0.457 e. The van der Waals surface area contributed by atoms with Crippen LogP contribution in [0, 0.1) is 0 Å². The summed E-state index contributed by atoms with van der Waals surface area (Å²) in [5.41, 5.74) is 0.318. The van der Waals surface area contributed by atoms with Gasteiger partial charge in [-0.25, -0.2) is 0 Å². The highest BCUT2D eigenvalue weighted by Gasteiger charge is 2.30. The van der Waals surface area contributed by atoms with E-state index in [9.17, 15) is 18.0 Å². The van der Waals surface area contributed by atoms with Crippen molar-refractivity contribution in [1.29, 1.82) is 0 Å². The highest BCUT2D eigenvalue weighted by molar-refractivity contribution is 6.33. The zero-order chi connectivity index (χ0) is 15.5. The molecule has 0 N–H and O–H groups in total. The molecule has 2 aromatic carbocycles. The molecule has 0 amide bonds. The van der Waals surface area contributed by atoms with Gasteiger partial charge >= 0.3 is 6.36 Å². The minimum atomic E-state index is -4.74. The summed E-state index contributed by atoms with van der Waals surface area (Å²) < 4.78 is 45.2. The molecule has 3 nitrogen and oxygen atoms in total. The lowest BCUT2D eigenvalue weighted by Gasteiger charge is -2.10. The summed E-state index contributed by atoms with van der Waals surface area (Å²) in [6.45, 7) is 0. The van der Waals surface area contributed by atoms with Crippen molar-refractivity contribution in [2.24, 2.45) is 0 Å². The SMILES string of the molecule is O=Cc1ccc(Oc2ccc(OC(F)(F)F)cc2)cc1Cl. The summed E-state index contributed by atoms with van der Waals surface area (Å²) >= 11 is 5.84. The van der Waals surface area contributed by atoms with Crippen LogP contribution in [0.25, 0.3) is 0 Å². The fourth-order valence-electron chi connectivity index (χ4n) is 1.51. The number of hydrogen-bond acceptors (Lipinski definition) is 3. The average molecular weight is 317 g/mol. The second kappa shape index (κ2) is 6.05. The summed E-state index contributed by atoms with van der Waals surface area (Å²) in [5.74, 6) is 0.318. The molecule has 0 saturated carbocycles. The lowest BCUT2D eigenvalue weighted by Crippen LogP contribution is -2.16. The zero-order valence-corrected chi connectivity index (χ0v) is 11.1. The first-order valence-electron chi connectivity index (χ1n) is 5.66. The summed E-state index contributed by atoms with van der Waals surface area (Å²) in [4.78, 5) is 10.6. The molecule has 0 spiro atoms. The Kier molecular flexibility index (Phi) is 4.37. The molecule has 0 radical (unpaired) electrons. The summed E-state index contributed by atoms with van der Waals surface area (Å²) in [6, 6.07) is 9.34. The number of alkyl halides is 3. The predicted molar refractivity (Wildman–Crippen MR) is 70.0 cm³/mol. The van der Waals surface area contributed by atoms with Crippen LogP contribution in [0.2, 0.25) is 5.02 Å². The molecule has 0 aliphatic carbocycles. The van der Waals surface area contributed by atoms with Gasteiger partial charge in [0.2, 0.25) is 0 Å². The van der Waals surface area contributed by atoms with Gasteiger partial charge in [-0.15, -0.1) is 13.2 Å². The van der Waals surface area contributed by atoms with Crippen molar-refractivity contribution in [2.45, 2.75) is 6.36 Å². The first-order chi connectivity index (χ1) is 9.87. The van der Waals surface area contributed by atoms with Crippen molar-refractivity contribution in [2.75, 3.05) is 0 Å². The Hall–Kier alpha value is -2.21. The van der Waals surface area contributed by atoms with Gasteiger partial charge in [-0.05, 0) is 36.4 Å². The Balaban J connectivity index is 2.10. The van der Waals surface area contributed by atoms with Crippen LogP contribution in [0.1, 0.15) is 10.4 Å². The normalized spacial score (nSPS) is 11.0. The van der Waals surface area contributed by atoms with Crippen molar-refractivity contribution in [3.05, 3.63) is 53.1 Å². The molecule has 0 bridgehead atoms. The minimum absolute atomic E-state index is 0.222. The fraction of sp³-hybridized carbons (Fsp3) is 0.0714. The molecule has 2 rings (SSSR count). The maximum Gasteiger partial charge on any atom is 0.573 e. The molecule has 0 unspecified atom stereocenters. The van der Waals surface area contributed by atoms with E-state index >= 15 is 0 Å². The first-order valence-corrected chi connectivity index (χ1v) is 6.03. The average Bonchev–Trinajstić information content (AvgIpc) is 2.40. The van der Waals surface area contributed by atoms with Crippen LogP contribution >= 0.6 is 11.6 Å². The van der Waals surface area contributed by atoms with Crippen molar-refractivity contribution in [3.63, 3.8) is 0 Å². The van der Waals surface area contributed by atoms with Gasteiger partial charge in [0.25, 0.3) is 0 Å². The largest absolute Gasteiger partial charge is 0.573 e. The maximum atomic E-state index is 12.0. The fourth-order valence-corrected chi connectivity index (χ4v) is 1.73. The van der Waals surface area contributed by atoms with E-state index < -0.39 is 6.36 Å². The Morgan fingerprint density at radius 3 is 2.05 bits per heavy atom. The van der Waals surface area contributed by atoms with Gasteiger partial charge < -0.3 is 9.47 Å². The van der Waals surface area contributed by atoms with Gasteiger partial charge in [-0.3, -0.25) is 4.79 Å². The Morgan fingerprint density at radius 2 is 1.52 bits per heavy atom. The molecule has 0 saturated heterocycles. The number of aldehydes is 1. The van der Waals surface area contributed by atoms with E-state index in [0.29, 0.717) is 23.3 Å². The van der Waals surface area contributed by atoms with Crippen molar-refractivity contribution in [3.8, 4) is 17.2 Å². The highest BCUT2D eigenvalue weighted by Crippen LogP contribution is 2.29. The Labute approximate surface area is 122 Å². The van der Waals surface area contributed by atoms with Crippen LogP contribution in [0.4, 0.5) is 13.2 Å². The van der Waals surface area contributed by atoms with Gasteiger partial charge in [-0.2, -0.15) is 0 Å². The van der Waals surface area contributed by atoms with E-state index in [2.05, 4.69) is 4.74 Å². The van der Waals surface area contributed by atoms with Crippen LogP contribution in [0.15, 0.2) is 42.5 Å². The van der Waals surface area contributed by atoms with Crippen LogP contribution in [-0.2, 0) is 0 Å². The van der Waals surface area contributed by atoms with Gasteiger partial charge in [0.15, 0.2) is 6.29 Å². The van der Waals surface area contributed by atoms with Gasteiger partial charge in [-0.1, -0.05) is 11.6 Å². The van der Waals surface area contributed by atoms with E-state index in [1.54, 1.807) is 0 Å². The van der Waals surface area contributed by atoms with E-state index in [1.165, 1.54) is 30.3 Å². The summed E-state index contributed by atoms with van der Waals surface area (Å²) in [7, 11) is 0. The first kappa shape index (κ1) is 15.2. The quantitative estimate of drug-likeness (QED) is 0.757. The molecule has 0 aliphatic rings. The van der Waals surface area contributed by atoms with Gasteiger partial charge in [0, 0.05) is 11.6 Å². The molecule has 110 valence electrons. The molecule has 0 heterocycles. The number of halogens is 4. The number of ether oxygens (including phenoxy) is 2. The minimum Gasteiger partial charge on any atom is -0.457 e. The Morgan fingerprint density at radius 1 is 0.952 bits per heavy atom. The molecule has 0 atom stereocenters. The van der Waals surface area contributed by atoms with Crippen LogP contribution in [-0.4, -0.2) is 12.6 Å². The second-order valence-electron chi connectivity index (χ2n) is 3.92. The third kappa shape index (κ3) is 4.39. The topological polar surface area (TPSA) is 35.5 Å². The molecular weight excluding hydrogens is 309 g/mol. The van der Waals surface area contributed by atoms with E-state index in [4.69, 9.17) is 16.3 Å². The van der Waals surface area contributed by atoms with Crippen molar-refractivity contribution >= 4 is 17.9 Å². The van der Waals surface area contributed by atoms with E-state index in [-0.39, 0.29) is 10.8 Å². The number of hydrogen-bond donors (Lipinski definition) is 0. The van der Waals surface area contributed by atoms with Crippen LogP contribution in [0.3, 0.4) is 0 Å². The second-order valence-corrected chi connectivity index (χ2v) is 4.33. The number of carbonyl (C=O) groups is 1. The van der Waals surface area contributed by atoms with E-state index in [1.807, 2.05) is 0 Å². The monoisotopic (exact) mass is 316 g/mol. The van der Waals surface area contributed by atoms with E-state index in [0.717, 1.165) is 12.1 Å². The third-order valence-electron chi connectivity index (χ3n) is 2.39. The number of rotatable bonds is 4. The van der Waals surface area contributed by atoms with Crippen molar-refractivity contribution < 1.29 is 27.4 Å². The zero-order valence-electron chi connectivity index (χ0n) is 10.4. The highest BCUT2D eigenvalue weighted by atomic mass is 35.5. The molecule has 0 aliphatic heterocycles. The Bertz CT molecular complexity index is 639. The standard InChI is InChI=1S/C14H8ClF3O3/c15-13-7-12(2-1-9(13)8-19)20-10-3-5-11(6-4-10)21-14(16,17)18/h1-8H. The van der Waals surface area contributed by atoms with Crippen LogP contribution in [0.5, 0.6) is 17.2 Å². The number of carbonyl (C=O) groups excluding carboxylic acids is 1. The van der Waals surface area contributed by atoms with Gasteiger partial charge in [0.05, 0.1) is 5.02 Å². The number of benzene rings is 2. The summed E-state index contributed by atoms with van der Waals surface area (Å²) in [6.07, 6.45) is -4.13. The predicted octanol–water partition coefficient (Wildman–Crippen LogP) is 4.84.